The molecule has 0 atom stereocenters. The number of nitro groups is 1. The van der Waals surface area contributed by atoms with Gasteiger partial charge in [0.2, 0.25) is 11.6 Å². The summed E-state index contributed by atoms with van der Waals surface area (Å²) in [5.41, 5.74) is 5.51. The Bertz CT molecular complexity index is 1080. The molecule has 12 heteroatoms. The molecule has 0 bridgehead atoms. The summed E-state index contributed by atoms with van der Waals surface area (Å²) in [6.07, 6.45) is 2.57. The molecule has 0 saturated carbocycles. The highest BCUT2D eigenvalue weighted by atomic mass is 35.5. The van der Waals surface area contributed by atoms with E-state index in [4.69, 9.17) is 16.0 Å². The fraction of sp³-hybridized carbons (Fsp3) is 0.211. The minimum absolute atomic E-state index is 0.0570. The molecule has 2 N–H and O–H groups in total. The average molecular weight is 444 g/mol. The van der Waals surface area contributed by atoms with Crippen LogP contribution >= 0.6 is 11.6 Å². The van der Waals surface area contributed by atoms with Gasteiger partial charge < -0.3 is 14.2 Å². The van der Waals surface area contributed by atoms with Crippen molar-refractivity contribution in [3.63, 3.8) is 0 Å². The highest BCUT2D eigenvalue weighted by Crippen LogP contribution is 2.32. The molecule has 0 spiro atoms. The van der Waals surface area contributed by atoms with E-state index >= 15 is 0 Å². The van der Waals surface area contributed by atoms with Crippen molar-refractivity contribution in [3.8, 4) is 0 Å². The van der Waals surface area contributed by atoms with E-state index in [1.165, 1.54) is 18.7 Å². The van der Waals surface area contributed by atoms with Crippen LogP contribution in [-0.4, -0.2) is 47.0 Å². The number of anilines is 3. The van der Waals surface area contributed by atoms with Gasteiger partial charge in [-0.25, -0.2) is 9.97 Å². The number of aromatic nitrogens is 2. The first kappa shape index (κ1) is 20.4. The van der Waals surface area contributed by atoms with E-state index in [0.29, 0.717) is 31.2 Å². The van der Waals surface area contributed by atoms with E-state index in [2.05, 4.69) is 25.7 Å². The third-order valence-electron chi connectivity index (χ3n) is 4.78. The van der Waals surface area contributed by atoms with Gasteiger partial charge in [0.05, 0.1) is 11.2 Å². The molecule has 0 radical (unpaired) electrons. The van der Waals surface area contributed by atoms with Crippen LogP contribution in [0.3, 0.4) is 0 Å². The van der Waals surface area contributed by atoms with Crippen LogP contribution in [0.15, 0.2) is 53.4 Å². The zero-order valence-electron chi connectivity index (χ0n) is 16.2. The van der Waals surface area contributed by atoms with Gasteiger partial charge in [0.15, 0.2) is 5.76 Å². The molecule has 4 rings (SSSR count). The van der Waals surface area contributed by atoms with E-state index < -0.39 is 10.8 Å². The molecule has 1 aromatic carbocycles. The Hall–Kier alpha value is -3.86. The van der Waals surface area contributed by atoms with Gasteiger partial charge in [-0.2, -0.15) is 0 Å². The number of nitrogens with zero attached hydrogens (tertiary/aromatic N) is 5. The van der Waals surface area contributed by atoms with Crippen molar-refractivity contribution in [2.24, 2.45) is 0 Å². The topological polar surface area (TPSA) is 130 Å². The van der Waals surface area contributed by atoms with Crippen LogP contribution in [0.5, 0.6) is 0 Å². The molecule has 11 nitrogen and oxygen atoms in total. The molecule has 160 valence electrons. The number of carbonyl (C=O) groups excluding carboxylic acids is 1. The van der Waals surface area contributed by atoms with Gasteiger partial charge in [0.25, 0.3) is 0 Å². The number of carbonyl (C=O) groups is 1. The van der Waals surface area contributed by atoms with E-state index in [1.807, 2.05) is 29.2 Å². The first-order valence-corrected chi connectivity index (χ1v) is 9.75. The van der Waals surface area contributed by atoms with Crippen LogP contribution in [0.2, 0.25) is 5.02 Å². The number of amides is 1. The number of hydrogen-bond donors (Lipinski definition) is 2. The second kappa shape index (κ2) is 8.88. The molecule has 31 heavy (non-hydrogen) atoms. The highest BCUT2D eigenvalue weighted by Gasteiger charge is 2.29. The maximum absolute atomic E-state index is 12.0. The summed E-state index contributed by atoms with van der Waals surface area (Å²) in [7, 11) is 0. The van der Waals surface area contributed by atoms with Gasteiger partial charge in [-0.15, -0.1) is 0 Å². The molecule has 3 aromatic rings. The van der Waals surface area contributed by atoms with Crippen molar-refractivity contribution in [3.05, 3.63) is 69.9 Å². The molecular formula is C19H18ClN7O4. The minimum Gasteiger partial charge on any atom is -0.459 e. The number of hydrogen-bond acceptors (Lipinski definition) is 9. The second-order valence-corrected chi connectivity index (χ2v) is 7.10. The minimum atomic E-state index is -0.588. The molecule has 3 heterocycles. The average Bonchev–Trinajstić information content (AvgIpc) is 3.32. The largest absolute Gasteiger partial charge is 0.459 e. The van der Waals surface area contributed by atoms with E-state index in [1.54, 1.807) is 6.07 Å². The molecule has 1 saturated heterocycles. The van der Waals surface area contributed by atoms with Crippen LogP contribution in [0.4, 0.5) is 23.0 Å². The Balaban J connectivity index is 1.49. The molecule has 2 aromatic heterocycles. The SMILES string of the molecule is O=C(NNc1ncnc(N2CCN(c3cccc(Cl)c3)CC2)c1[N+](=O)[O-])c1ccco1. The van der Waals surface area contributed by atoms with Crippen molar-refractivity contribution in [1.82, 2.24) is 15.4 Å². The van der Waals surface area contributed by atoms with Crippen molar-refractivity contribution in [1.29, 1.82) is 0 Å². The Kier molecular flexibility index (Phi) is 5.85. The van der Waals surface area contributed by atoms with E-state index in [9.17, 15) is 14.9 Å². The smallest absolute Gasteiger partial charge is 0.355 e. The second-order valence-electron chi connectivity index (χ2n) is 6.66. The fourth-order valence-corrected chi connectivity index (χ4v) is 3.48. The summed E-state index contributed by atoms with van der Waals surface area (Å²) in [5, 5.41) is 12.4. The maximum Gasteiger partial charge on any atom is 0.355 e. The Morgan fingerprint density at radius 3 is 2.58 bits per heavy atom. The fourth-order valence-electron chi connectivity index (χ4n) is 3.30. The molecular weight excluding hydrogens is 426 g/mol. The Morgan fingerprint density at radius 2 is 1.90 bits per heavy atom. The zero-order chi connectivity index (χ0) is 21.8. The molecule has 1 aliphatic heterocycles. The van der Waals surface area contributed by atoms with Gasteiger partial charge in [0.1, 0.15) is 6.33 Å². The van der Waals surface area contributed by atoms with Crippen LogP contribution in [0.25, 0.3) is 0 Å². The van der Waals surface area contributed by atoms with Crippen molar-refractivity contribution < 1.29 is 14.1 Å². The number of halogens is 1. The number of nitrogens with one attached hydrogen (secondary N) is 2. The standard InChI is InChI=1S/C19H18ClN7O4/c20-13-3-1-4-14(11-13)25-6-8-26(9-7-25)18-16(27(29)30)17(21-12-22-18)23-24-19(28)15-5-2-10-31-15/h1-5,10-12H,6-9H2,(H,24,28)(H,21,22,23). The first-order chi connectivity index (χ1) is 15.0. The predicted octanol–water partition coefficient (Wildman–Crippen LogP) is 2.71. The molecule has 0 aliphatic carbocycles. The number of furan rings is 1. The van der Waals surface area contributed by atoms with Gasteiger partial charge >= 0.3 is 11.6 Å². The summed E-state index contributed by atoms with van der Waals surface area (Å²) in [4.78, 5) is 35.3. The quantitative estimate of drug-likeness (QED) is 0.436. The third-order valence-corrected chi connectivity index (χ3v) is 5.01. The van der Waals surface area contributed by atoms with Crippen LogP contribution in [0, 0.1) is 10.1 Å². The lowest BCUT2D eigenvalue weighted by Crippen LogP contribution is -2.47. The predicted molar refractivity (Wildman–Crippen MR) is 114 cm³/mol. The van der Waals surface area contributed by atoms with E-state index in [0.717, 1.165) is 5.69 Å². The van der Waals surface area contributed by atoms with Crippen LogP contribution < -0.4 is 20.7 Å². The Morgan fingerprint density at radius 1 is 1.13 bits per heavy atom. The van der Waals surface area contributed by atoms with Gasteiger partial charge in [0, 0.05) is 36.9 Å². The van der Waals surface area contributed by atoms with Crippen LogP contribution in [-0.2, 0) is 0 Å². The van der Waals surface area contributed by atoms with Crippen molar-refractivity contribution >= 4 is 40.5 Å². The van der Waals surface area contributed by atoms with Gasteiger partial charge in [-0.05, 0) is 30.3 Å². The lowest BCUT2D eigenvalue weighted by molar-refractivity contribution is -0.383. The summed E-state index contributed by atoms with van der Waals surface area (Å²) < 4.78 is 4.99. The number of hydrazine groups is 1. The third kappa shape index (κ3) is 4.51. The van der Waals surface area contributed by atoms with Gasteiger partial charge in [-0.1, -0.05) is 17.7 Å². The normalized spacial score (nSPS) is 13.7. The summed E-state index contributed by atoms with van der Waals surface area (Å²) in [6, 6.07) is 10.6. The first-order valence-electron chi connectivity index (χ1n) is 9.37. The molecule has 1 amide bonds. The number of piperazine rings is 1. The molecule has 1 aliphatic rings. The summed E-state index contributed by atoms with van der Waals surface area (Å²) >= 11 is 6.07. The monoisotopic (exact) mass is 443 g/mol. The Labute approximate surface area is 181 Å². The van der Waals surface area contributed by atoms with Crippen molar-refractivity contribution in [2.75, 3.05) is 41.4 Å². The van der Waals surface area contributed by atoms with Crippen molar-refractivity contribution in [2.45, 2.75) is 0 Å². The maximum atomic E-state index is 12.0. The van der Waals surface area contributed by atoms with Gasteiger partial charge in [-0.3, -0.25) is 25.8 Å². The lowest BCUT2D eigenvalue weighted by Gasteiger charge is -2.36. The summed E-state index contributed by atoms with van der Waals surface area (Å²) in [5.74, 6) is -0.469. The number of rotatable bonds is 6. The highest BCUT2D eigenvalue weighted by molar-refractivity contribution is 6.30. The zero-order valence-corrected chi connectivity index (χ0v) is 17.0. The summed E-state index contributed by atoms with van der Waals surface area (Å²) in [6.45, 7) is 2.31. The van der Waals surface area contributed by atoms with E-state index in [-0.39, 0.29) is 23.1 Å². The molecule has 0 unspecified atom stereocenters. The molecule has 1 fully saturated rings. The lowest BCUT2D eigenvalue weighted by atomic mass is 10.2. The number of benzene rings is 1. The van der Waals surface area contributed by atoms with Crippen LogP contribution in [0.1, 0.15) is 10.6 Å².